The molecule has 1 fully saturated rings. The third kappa shape index (κ3) is 5.40. The summed E-state index contributed by atoms with van der Waals surface area (Å²) in [6.07, 6.45) is 1.87. The Balaban J connectivity index is 1.67. The van der Waals surface area contributed by atoms with Gasteiger partial charge in [-0.15, -0.1) is 0 Å². The Morgan fingerprint density at radius 1 is 1.09 bits per heavy atom. The summed E-state index contributed by atoms with van der Waals surface area (Å²) >= 11 is 4.93. The van der Waals surface area contributed by atoms with Crippen molar-refractivity contribution in [2.24, 2.45) is 4.99 Å². The summed E-state index contributed by atoms with van der Waals surface area (Å²) in [5.41, 5.74) is 3.73. The number of thioether (sulfide) groups is 1. The van der Waals surface area contributed by atoms with E-state index in [4.69, 9.17) is 10.1 Å². The fraction of sp³-hybridized carbons (Fsp3) is 0.115. The highest BCUT2D eigenvalue weighted by molar-refractivity contribution is 9.10. The van der Waals surface area contributed by atoms with Gasteiger partial charge in [0.1, 0.15) is 0 Å². The summed E-state index contributed by atoms with van der Waals surface area (Å²) in [5.74, 6) is -1.13. The van der Waals surface area contributed by atoms with E-state index in [9.17, 15) is 9.59 Å². The van der Waals surface area contributed by atoms with Gasteiger partial charge in [-0.3, -0.25) is 9.69 Å². The second-order valence-corrected chi connectivity index (χ2v) is 9.70. The van der Waals surface area contributed by atoms with Crippen molar-refractivity contribution in [3.8, 4) is 0 Å². The highest BCUT2D eigenvalue weighted by atomic mass is 79.9. The molecule has 8 heteroatoms. The van der Waals surface area contributed by atoms with Crippen LogP contribution in [0.3, 0.4) is 0 Å². The molecule has 0 saturated carbocycles. The number of anilines is 1. The monoisotopic (exact) mass is 535 g/mol. The van der Waals surface area contributed by atoms with Crippen LogP contribution in [0.5, 0.6) is 0 Å². The molecule has 1 aliphatic rings. The smallest absolute Gasteiger partial charge is 0.335 e. The largest absolute Gasteiger partial charge is 0.478 e. The predicted molar refractivity (Wildman–Crippen MR) is 142 cm³/mol. The van der Waals surface area contributed by atoms with Gasteiger partial charge in [-0.1, -0.05) is 36.4 Å². The van der Waals surface area contributed by atoms with Crippen molar-refractivity contribution in [2.75, 3.05) is 19.0 Å². The van der Waals surface area contributed by atoms with Gasteiger partial charge in [0.15, 0.2) is 5.17 Å². The molecule has 1 N–H and O–H groups in total. The molecule has 1 amide bonds. The van der Waals surface area contributed by atoms with E-state index >= 15 is 0 Å². The molecule has 0 unspecified atom stereocenters. The minimum absolute atomic E-state index is 0.144. The van der Waals surface area contributed by atoms with Crippen LogP contribution >= 0.6 is 27.7 Å². The third-order valence-electron chi connectivity index (χ3n) is 5.16. The van der Waals surface area contributed by atoms with Gasteiger partial charge in [0.2, 0.25) is 0 Å². The molecule has 0 spiro atoms. The molecule has 3 aromatic rings. The van der Waals surface area contributed by atoms with Crippen molar-refractivity contribution in [1.82, 2.24) is 4.90 Å². The summed E-state index contributed by atoms with van der Waals surface area (Å²) < 4.78 is 0.941. The zero-order chi connectivity index (χ0) is 24.2. The maximum Gasteiger partial charge on any atom is 0.335 e. The quantitative estimate of drug-likeness (QED) is 0.391. The zero-order valence-electron chi connectivity index (χ0n) is 18.6. The first kappa shape index (κ1) is 23.8. The molecule has 1 aliphatic heterocycles. The summed E-state index contributed by atoms with van der Waals surface area (Å²) in [4.78, 5) is 33.5. The van der Waals surface area contributed by atoms with Gasteiger partial charge in [0.05, 0.1) is 28.4 Å². The number of carboxylic acids is 1. The average Bonchev–Trinajstić information content (AvgIpc) is 3.08. The van der Waals surface area contributed by atoms with E-state index in [1.807, 2.05) is 73.6 Å². The van der Waals surface area contributed by atoms with Gasteiger partial charge in [0, 0.05) is 18.6 Å². The summed E-state index contributed by atoms with van der Waals surface area (Å²) in [6, 6.07) is 22.0. The Hall–Kier alpha value is -3.36. The highest BCUT2D eigenvalue weighted by Gasteiger charge is 2.33. The van der Waals surface area contributed by atoms with Gasteiger partial charge >= 0.3 is 5.97 Å². The molecule has 3 aromatic carbocycles. The lowest BCUT2D eigenvalue weighted by atomic mass is 10.1. The molecular weight excluding hydrogens is 514 g/mol. The number of nitrogens with zero attached hydrogens (tertiary/aromatic N) is 3. The van der Waals surface area contributed by atoms with Crippen LogP contribution in [-0.4, -0.2) is 41.1 Å². The molecule has 172 valence electrons. The number of hydrogen-bond donors (Lipinski definition) is 1. The second-order valence-electron chi connectivity index (χ2n) is 7.84. The number of carboxylic acid groups (broad SMARTS) is 1. The van der Waals surface area contributed by atoms with E-state index in [0.29, 0.717) is 10.1 Å². The predicted octanol–water partition coefficient (Wildman–Crippen LogP) is 6.02. The van der Waals surface area contributed by atoms with Gasteiger partial charge in [-0.2, -0.15) is 0 Å². The second kappa shape index (κ2) is 10.3. The minimum Gasteiger partial charge on any atom is -0.478 e. The lowest BCUT2D eigenvalue weighted by molar-refractivity contribution is -0.122. The normalized spacial score (nSPS) is 15.9. The zero-order valence-corrected chi connectivity index (χ0v) is 21.0. The van der Waals surface area contributed by atoms with Crippen molar-refractivity contribution >= 4 is 62.2 Å². The number of amides is 1. The Bertz CT molecular complexity index is 1290. The Morgan fingerprint density at radius 2 is 1.79 bits per heavy atom. The maximum atomic E-state index is 13.4. The number of carbonyl (C=O) groups excluding carboxylic acids is 1. The molecule has 0 atom stereocenters. The van der Waals surface area contributed by atoms with Gasteiger partial charge in [0.25, 0.3) is 5.91 Å². The lowest BCUT2D eigenvalue weighted by Crippen LogP contribution is -2.28. The summed E-state index contributed by atoms with van der Waals surface area (Å²) in [6.45, 7) is 0.290. The first-order chi connectivity index (χ1) is 16.3. The van der Waals surface area contributed by atoms with E-state index < -0.39 is 5.97 Å². The number of benzene rings is 3. The molecular formula is C26H22BrN3O3S. The van der Waals surface area contributed by atoms with Crippen LogP contribution in [-0.2, 0) is 11.3 Å². The molecule has 0 radical (unpaired) electrons. The van der Waals surface area contributed by atoms with Crippen LogP contribution in [0.25, 0.3) is 6.08 Å². The minimum atomic E-state index is -0.984. The molecule has 4 rings (SSSR count). The molecule has 1 heterocycles. The number of para-hydroxylation sites is 1. The SMILES string of the molecule is CN(C)c1ccc(/C=C2\SC(=Nc3ccccc3)N(Cc3ccc(C(=O)O)cc3)C2=O)cc1Br. The van der Waals surface area contributed by atoms with Crippen molar-refractivity contribution in [2.45, 2.75) is 6.54 Å². The van der Waals surface area contributed by atoms with Crippen LogP contribution in [0.2, 0.25) is 0 Å². The van der Waals surface area contributed by atoms with Crippen LogP contribution < -0.4 is 4.90 Å². The molecule has 6 nitrogen and oxygen atoms in total. The van der Waals surface area contributed by atoms with Gasteiger partial charge in [-0.05, 0) is 81.3 Å². The summed E-state index contributed by atoms with van der Waals surface area (Å²) in [7, 11) is 3.95. The van der Waals surface area contributed by atoms with Gasteiger partial charge < -0.3 is 10.0 Å². The van der Waals surface area contributed by atoms with Crippen molar-refractivity contribution < 1.29 is 14.7 Å². The van der Waals surface area contributed by atoms with Crippen LogP contribution in [0.1, 0.15) is 21.5 Å². The topological polar surface area (TPSA) is 73.2 Å². The number of carbonyl (C=O) groups is 2. The molecule has 0 bridgehead atoms. The van der Waals surface area contributed by atoms with E-state index in [1.165, 1.54) is 11.8 Å². The Morgan fingerprint density at radius 3 is 2.41 bits per heavy atom. The van der Waals surface area contributed by atoms with Crippen LogP contribution in [0, 0.1) is 0 Å². The summed E-state index contributed by atoms with van der Waals surface area (Å²) in [5, 5.41) is 9.73. The number of hydrogen-bond acceptors (Lipinski definition) is 5. The van der Waals surface area contributed by atoms with E-state index in [2.05, 4.69) is 15.9 Å². The van der Waals surface area contributed by atoms with E-state index in [1.54, 1.807) is 29.2 Å². The average molecular weight is 536 g/mol. The molecule has 0 aromatic heterocycles. The number of aliphatic imine (C=N–C) groups is 1. The maximum absolute atomic E-state index is 13.4. The van der Waals surface area contributed by atoms with Crippen molar-refractivity contribution in [3.63, 3.8) is 0 Å². The fourth-order valence-corrected chi connectivity index (χ4v) is 5.16. The van der Waals surface area contributed by atoms with E-state index in [0.717, 1.165) is 27.0 Å². The number of rotatable bonds is 6. The standard InChI is InChI=1S/C26H22BrN3O3S/c1-29(2)22-13-10-18(14-21(22)27)15-23-24(31)30(16-17-8-11-19(12-9-17)25(32)33)26(34-23)28-20-6-4-3-5-7-20/h3-15H,16H2,1-2H3,(H,32,33)/b23-15-,28-26?. The third-order valence-corrected chi connectivity index (χ3v) is 6.80. The number of aromatic carboxylic acids is 1. The lowest BCUT2D eigenvalue weighted by Gasteiger charge is -2.16. The fourth-order valence-electron chi connectivity index (χ4n) is 3.41. The van der Waals surface area contributed by atoms with Crippen molar-refractivity contribution in [3.05, 3.63) is 98.9 Å². The first-order valence-corrected chi connectivity index (χ1v) is 12.1. The van der Waals surface area contributed by atoms with Crippen molar-refractivity contribution in [1.29, 1.82) is 0 Å². The first-order valence-electron chi connectivity index (χ1n) is 10.5. The van der Waals surface area contributed by atoms with Crippen LogP contribution in [0.15, 0.2) is 87.2 Å². The number of halogens is 1. The van der Waals surface area contributed by atoms with Gasteiger partial charge in [-0.25, -0.2) is 9.79 Å². The molecule has 34 heavy (non-hydrogen) atoms. The highest BCUT2D eigenvalue weighted by Crippen LogP contribution is 2.36. The Kier molecular flexibility index (Phi) is 7.19. The molecule has 1 saturated heterocycles. The Labute approximate surface area is 210 Å². The van der Waals surface area contributed by atoms with E-state index in [-0.39, 0.29) is 18.0 Å². The number of amidine groups is 1. The molecule has 0 aliphatic carbocycles. The van der Waals surface area contributed by atoms with Crippen LogP contribution in [0.4, 0.5) is 11.4 Å².